The molecule has 0 aromatic heterocycles. The zero-order valence-corrected chi connectivity index (χ0v) is 10.8. The Morgan fingerprint density at radius 3 is 2.75 bits per heavy atom. The van der Waals surface area contributed by atoms with Crippen LogP contribution in [-0.4, -0.2) is 11.9 Å². The number of carbonyl (C=O) groups excluding carboxylic acids is 1. The van der Waals surface area contributed by atoms with E-state index in [1.165, 1.54) is 0 Å². The standard InChI is InChI=1S/C12H15BrN2O/c1-7-2-5-9(10(13)6-7)11(12(14)16)15-8-3-4-8/h2,5-6,8,11,15H,3-4H2,1H3,(H2,14,16). The van der Waals surface area contributed by atoms with Crippen LogP contribution < -0.4 is 11.1 Å². The largest absolute Gasteiger partial charge is 0.368 e. The summed E-state index contributed by atoms with van der Waals surface area (Å²) in [7, 11) is 0. The predicted molar refractivity (Wildman–Crippen MR) is 67.0 cm³/mol. The lowest BCUT2D eigenvalue weighted by Crippen LogP contribution is -2.35. The lowest BCUT2D eigenvalue weighted by atomic mass is 10.0. The van der Waals surface area contributed by atoms with E-state index >= 15 is 0 Å². The van der Waals surface area contributed by atoms with Gasteiger partial charge in [0, 0.05) is 10.5 Å². The summed E-state index contributed by atoms with van der Waals surface area (Å²) in [5.41, 5.74) is 7.51. The number of aryl methyl sites for hydroxylation is 1. The summed E-state index contributed by atoms with van der Waals surface area (Å²) in [4.78, 5) is 11.4. The Labute approximate surface area is 104 Å². The van der Waals surface area contributed by atoms with Gasteiger partial charge in [0.05, 0.1) is 0 Å². The third-order valence-corrected chi connectivity index (χ3v) is 3.42. The van der Waals surface area contributed by atoms with E-state index < -0.39 is 0 Å². The third-order valence-electron chi connectivity index (χ3n) is 2.73. The summed E-state index contributed by atoms with van der Waals surface area (Å²) in [6.07, 6.45) is 2.26. The maximum Gasteiger partial charge on any atom is 0.239 e. The summed E-state index contributed by atoms with van der Waals surface area (Å²) in [5.74, 6) is -0.323. The number of nitrogens with two attached hydrogens (primary N) is 1. The van der Waals surface area contributed by atoms with Crippen molar-refractivity contribution < 1.29 is 4.79 Å². The monoisotopic (exact) mass is 282 g/mol. The molecule has 4 heteroatoms. The second-order valence-corrected chi connectivity index (χ2v) is 5.16. The molecule has 1 saturated carbocycles. The van der Waals surface area contributed by atoms with Gasteiger partial charge >= 0.3 is 0 Å². The van der Waals surface area contributed by atoms with Gasteiger partial charge in [0.1, 0.15) is 6.04 Å². The van der Waals surface area contributed by atoms with Crippen molar-refractivity contribution in [3.05, 3.63) is 33.8 Å². The molecule has 0 aliphatic heterocycles. The number of primary amides is 1. The maximum atomic E-state index is 11.4. The fourth-order valence-electron chi connectivity index (χ4n) is 1.68. The summed E-state index contributed by atoms with van der Waals surface area (Å²) in [6.45, 7) is 2.02. The first kappa shape index (κ1) is 11.6. The summed E-state index contributed by atoms with van der Waals surface area (Å²) < 4.78 is 0.935. The molecular weight excluding hydrogens is 268 g/mol. The van der Waals surface area contributed by atoms with E-state index in [0.29, 0.717) is 6.04 Å². The van der Waals surface area contributed by atoms with E-state index in [0.717, 1.165) is 28.4 Å². The normalized spacial score (nSPS) is 17.1. The molecule has 1 unspecified atom stereocenters. The SMILES string of the molecule is Cc1ccc(C(NC2CC2)C(N)=O)c(Br)c1. The molecule has 1 fully saturated rings. The Bertz CT molecular complexity index is 415. The van der Waals surface area contributed by atoms with E-state index in [1.807, 2.05) is 25.1 Å². The van der Waals surface area contributed by atoms with Gasteiger partial charge in [-0.2, -0.15) is 0 Å². The number of amides is 1. The van der Waals surface area contributed by atoms with Crippen LogP contribution in [0.4, 0.5) is 0 Å². The molecule has 0 spiro atoms. The Morgan fingerprint density at radius 1 is 1.56 bits per heavy atom. The van der Waals surface area contributed by atoms with Crippen molar-refractivity contribution in [2.45, 2.75) is 31.8 Å². The van der Waals surface area contributed by atoms with Crippen molar-refractivity contribution in [1.29, 1.82) is 0 Å². The quantitative estimate of drug-likeness (QED) is 0.888. The molecule has 0 radical (unpaired) electrons. The summed E-state index contributed by atoms with van der Waals surface area (Å²) in [5, 5.41) is 3.26. The van der Waals surface area contributed by atoms with Crippen LogP contribution in [0.15, 0.2) is 22.7 Å². The zero-order chi connectivity index (χ0) is 11.7. The fraction of sp³-hybridized carbons (Fsp3) is 0.417. The number of benzene rings is 1. The topological polar surface area (TPSA) is 55.1 Å². The molecular formula is C12H15BrN2O. The first-order valence-electron chi connectivity index (χ1n) is 5.39. The minimum Gasteiger partial charge on any atom is -0.368 e. The average Bonchev–Trinajstić information content (AvgIpc) is 2.98. The van der Waals surface area contributed by atoms with Crippen molar-refractivity contribution in [3.8, 4) is 0 Å². The van der Waals surface area contributed by atoms with E-state index in [1.54, 1.807) is 0 Å². The maximum absolute atomic E-state index is 11.4. The zero-order valence-electron chi connectivity index (χ0n) is 9.16. The minimum absolute atomic E-state index is 0.323. The number of hydrogen-bond donors (Lipinski definition) is 2. The van der Waals surface area contributed by atoms with Gasteiger partial charge in [0.2, 0.25) is 5.91 Å². The molecule has 1 amide bonds. The molecule has 1 atom stereocenters. The van der Waals surface area contributed by atoms with E-state index in [-0.39, 0.29) is 11.9 Å². The van der Waals surface area contributed by atoms with Crippen molar-refractivity contribution in [1.82, 2.24) is 5.32 Å². The van der Waals surface area contributed by atoms with Crippen LogP contribution in [-0.2, 0) is 4.79 Å². The lowest BCUT2D eigenvalue weighted by Gasteiger charge is -2.17. The molecule has 0 heterocycles. The highest BCUT2D eigenvalue weighted by Crippen LogP contribution is 2.28. The van der Waals surface area contributed by atoms with Crippen molar-refractivity contribution in [3.63, 3.8) is 0 Å². The van der Waals surface area contributed by atoms with Gasteiger partial charge in [-0.25, -0.2) is 0 Å². The molecule has 1 aromatic rings. The molecule has 2 rings (SSSR count). The molecule has 1 aromatic carbocycles. The van der Waals surface area contributed by atoms with Crippen LogP contribution in [0.25, 0.3) is 0 Å². The summed E-state index contributed by atoms with van der Waals surface area (Å²) in [6, 6.07) is 6.00. The Balaban J connectivity index is 2.26. The van der Waals surface area contributed by atoms with Gasteiger partial charge in [0.15, 0.2) is 0 Å². The average molecular weight is 283 g/mol. The highest BCUT2D eigenvalue weighted by molar-refractivity contribution is 9.10. The van der Waals surface area contributed by atoms with Gasteiger partial charge in [-0.3, -0.25) is 10.1 Å². The number of carbonyl (C=O) groups is 1. The molecule has 0 bridgehead atoms. The molecule has 1 aliphatic carbocycles. The lowest BCUT2D eigenvalue weighted by molar-refractivity contribution is -0.120. The van der Waals surface area contributed by atoms with Crippen LogP contribution in [0.1, 0.15) is 30.0 Å². The highest BCUT2D eigenvalue weighted by atomic mass is 79.9. The van der Waals surface area contributed by atoms with Crippen LogP contribution in [0.3, 0.4) is 0 Å². The molecule has 16 heavy (non-hydrogen) atoms. The Hall–Kier alpha value is -0.870. The number of hydrogen-bond acceptors (Lipinski definition) is 2. The first-order chi connectivity index (χ1) is 7.58. The fourth-order valence-corrected chi connectivity index (χ4v) is 2.40. The number of halogens is 1. The minimum atomic E-state index is -0.387. The van der Waals surface area contributed by atoms with Crippen molar-refractivity contribution in [2.24, 2.45) is 5.73 Å². The smallest absolute Gasteiger partial charge is 0.239 e. The van der Waals surface area contributed by atoms with Crippen molar-refractivity contribution >= 4 is 21.8 Å². The van der Waals surface area contributed by atoms with Gasteiger partial charge in [-0.05, 0) is 37.0 Å². The van der Waals surface area contributed by atoms with Crippen LogP contribution in [0.2, 0.25) is 0 Å². The molecule has 86 valence electrons. The van der Waals surface area contributed by atoms with E-state index in [2.05, 4.69) is 21.2 Å². The highest BCUT2D eigenvalue weighted by Gasteiger charge is 2.29. The first-order valence-corrected chi connectivity index (χ1v) is 6.18. The Kier molecular flexibility index (Phi) is 3.30. The van der Waals surface area contributed by atoms with Crippen molar-refractivity contribution in [2.75, 3.05) is 0 Å². The van der Waals surface area contributed by atoms with Gasteiger partial charge in [-0.1, -0.05) is 28.1 Å². The number of rotatable bonds is 4. The molecule has 1 aliphatic rings. The van der Waals surface area contributed by atoms with Gasteiger partial charge in [-0.15, -0.1) is 0 Å². The predicted octanol–water partition coefficient (Wildman–Crippen LogP) is 2.04. The van der Waals surface area contributed by atoms with Gasteiger partial charge < -0.3 is 5.73 Å². The third kappa shape index (κ3) is 2.62. The van der Waals surface area contributed by atoms with E-state index in [4.69, 9.17) is 5.73 Å². The summed E-state index contributed by atoms with van der Waals surface area (Å²) >= 11 is 3.48. The second-order valence-electron chi connectivity index (χ2n) is 4.30. The van der Waals surface area contributed by atoms with Gasteiger partial charge in [0.25, 0.3) is 0 Å². The Morgan fingerprint density at radius 2 is 2.25 bits per heavy atom. The second kappa shape index (κ2) is 4.55. The van der Waals surface area contributed by atoms with Crippen LogP contribution in [0, 0.1) is 6.92 Å². The number of nitrogens with one attached hydrogen (secondary N) is 1. The molecule has 3 nitrogen and oxygen atoms in total. The van der Waals surface area contributed by atoms with E-state index in [9.17, 15) is 4.79 Å². The van der Waals surface area contributed by atoms with Crippen LogP contribution in [0.5, 0.6) is 0 Å². The molecule has 0 saturated heterocycles. The molecule has 3 N–H and O–H groups in total. The van der Waals surface area contributed by atoms with Crippen LogP contribution >= 0.6 is 15.9 Å².